The zero-order valence-corrected chi connectivity index (χ0v) is 13.0. The van der Waals surface area contributed by atoms with Crippen molar-refractivity contribution < 1.29 is 13.9 Å². The number of methoxy groups -OCH3 is 1. The number of nitrogens with one attached hydrogen (secondary N) is 1. The minimum atomic E-state index is -0.387. The lowest BCUT2D eigenvalue weighted by molar-refractivity contribution is 0.0599. The van der Waals surface area contributed by atoms with Crippen molar-refractivity contribution in [2.45, 2.75) is 26.4 Å². The van der Waals surface area contributed by atoms with Crippen LogP contribution < -0.4 is 5.32 Å². The summed E-state index contributed by atoms with van der Waals surface area (Å²) in [7, 11) is 1.35. The molecule has 4 nitrogen and oxygen atoms in total. The first-order valence-electron chi connectivity index (χ1n) is 6.68. The molecule has 2 rings (SSSR count). The fourth-order valence-electron chi connectivity index (χ4n) is 2.13. The van der Waals surface area contributed by atoms with Gasteiger partial charge in [-0.25, -0.2) is 4.79 Å². The molecule has 1 atom stereocenters. The summed E-state index contributed by atoms with van der Waals surface area (Å²) in [6.45, 7) is 4.27. The highest BCUT2D eigenvalue weighted by Gasteiger charge is 2.16. The molecule has 1 N–H and O–H groups in total. The molecule has 0 spiro atoms. The zero-order valence-electron chi connectivity index (χ0n) is 12.3. The molecule has 0 aliphatic heterocycles. The van der Waals surface area contributed by atoms with Crippen LogP contribution in [0, 0.1) is 6.92 Å². The molecule has 1 aromatic carbocycles. The maximum absolute atomic E-state index is 11.5. The molecule has 0 amide bonds. The standard InChI is InChI=1S/C16H18ClNO3/c1-10(13-6-4-5-7-15(13)17)18-9-12-8-14(11(2)21-12)16(19)20-3/h4-8,10,18H,9H2,1-3H3. The van der Waals surface area contributed by atoms with E-state index < -0.39 is 0 Å². The van der Waals surface area contributed by atoms with Crippen LogP contribution in [0.1, 0.15) is 40.4 Å². The molecule has 0 saturated heterocycles. The van der Waals surface area contributed by atoms with Gasteiger partial charge in [-0.3, -0.25) is 0 Å². The zero-order chi connectivity index (χ0) is 15.4. The minimum absolute atomic E-state index is 0.0747. The van der Waals surface area contributed by atoms with Gasteiger partial charge in [-0.05, 0) is 31.5 Å². The number of rotatable bonds is 5. The Labute approximate surface area is 129 Å². The van der Waals surface area contributed by atoms with E-state index in [4.69, 9.17) is 20.8 Å². The second-order valence-corrected chi connectivity index (χ2v) is 5.21. The van der Waals surface area contributed by atoms with Crippen LogP contribution >= 0.6 is 11.6 Å². The molecule has 112 valence electrons. The highest BCUT2D eigenvalue weighted by molar-refractivity contribution is 6.31. The maximum Gasteiger partial charge on any atom is 0.341 e. The minimum Gasteiger partial charge on any atom is -0.465 e. The fraction of sp³-hybridized carbons (Fsp3) is 0.312. The number of benzene rings is 1. The third kappa shape index (κ3) is 3.65. The second kappa shape index (κ2) is 6.78. The molecule has 21 heavy (non-hydrogen) atoms. The largest absolute Gasteiger partial charge is 0.465 e. The van der Waals surface area contributed by atoms with E-state index in [0.29, 0.717) is 23.6 Å². The Bertz CT molecular complexity index is 636. The van der Waals surface area contributed by atoms with E-state index in [2.05, 4.69) is 5.32 Å². The van der Waals surface area contributed by atoms with Crippen LogP contribution in [0.15, 0.2) is 34.7 Å². The Morgan fingerprint density at radius 1 is 1.43 bits per heavy atom. The summed E-state index contributed by atoms with van der Waals surface area (Å²) in [5.74, 6) is 0.859. The van der Waals surface area contributed by atoms with Crippen LogP contribution in [0.25, 0.3) is 0 Å². The predicted octanol–water partition coefficient (Wildman–Crippen LogP) is 3.88. The van der Waals surface area contributed by atoms with Crippen molar-refractivity contribution in [1.82, 2.24) is 5.32 Å². The second-order valence-electron chi connectivity index (χ2n) is 4.80. The smallest absolute Gasteiger partial charge is 0.341 e. The predicted molar refractivity (Wildman–Crippen MR) is 81.5 cm³/mol. The first-order valence-corrected chi connectivity index (χ1v) is 7.06. The van der Waals surface area contributed by atoms with Crippen molar-refractivity contribution in [2.75, 3.05) is 7.11 Å². The number of carbonyl (C=O) groups excluding carboxylic acids is 1. The van der Waals surface area contributed by atoms with E-state index in [-0.39, 0.29) is 12.0 Å². The molecule has 0 aliphatic rings. The molecule has 1 unspecified atom stereocenters. The number of halogens is 1. The third-order valence-electron chi connectivity index (χ3n) is 3.33. The fourth-order valence-corrected chi connectivity index (χ4v) is 2.43. The van der Waals surface area contributed by atoms with Gasteiger partial charge in [0.25, 0.3) is 0 Å². The van der Waals surface area contributed by atoms with Crippen molar-refractivity contribution in [3.8, 4) is 0 Å². The molecule has 2 aromatic rings. The summed E-state index contributed by atoms with van der Waals surface area (Å²) in [4.78, 5) is 11.5. The number of aryl methyl sites for hydroxylation is 1. The summed E-state index contributed by atoms with van der Waals surface area (Å²) in [5.41, 5.74) is 1.48. The lowest BCUT2D eigenvalue weighted by atomic mass is 10.1. The average molecular weight is 308 g/mol. The molecular formula is C16H18ClNO3. The number of esters is 1. The lowest BCUT2D eigenvalue weighted by Gasteiger charge is -2.14. The molecule has 0 bridgehead atoms. The van der Waals surface area contributed by atoms with Crippen LogP contribution in [0.4, 0.5) is 0 Å². The monoisotopic (exact) mass is 307 g/mol. The Morgan fingerprint density at radius 2 is 2.14 bits per heavy atom. The van der Waals surface area contributed by atoms with Crippen LogP contribution in [-0.4, -0.2) is 13.1 Å². The molecule has 1 aromatic heterocycles. The number of hydrogen-bond donors (Lipinski definition) is 1. The first-order chi connectivity index (χ1) is 10.0. The summed E-state index contributed by atoms with van der Waals surface area (Å²) in [5, 5.41) is 4.05. The quantitative estimate of drug-likeness (QED) is 0.852. The van der Waals surface area contributed by atoms with Gasteiger partial charge in [-0.2, -0.15) is 0 Å². The molecular weight excluding hydrogens is 290 g/mol. The number of hydrogen-bond acceptors (Lipinski definition) is 4. The van der Waals surface area contributed by atoms with E-state index in [9.17, 15) is 4.79 Å². The number of carbonyl (C=O) groups is 1. The third-order valence-corrected chi connectivity index (χ3v) is 3.67. The summed E-state index contributed by atoms with van der Waals surface area (Å²) < 4.78 is 10.3. The van der Waals surface area contributed by atoms with Gasteiger partial charge in [-0.15, -0.1) is 0 Å². The van der Waals surface area contributed by atoms with Gasteiger partial charge in [0.1, 0.15) is 17.1 Å². The summed E-state index contributed by atoms with van der Waals surface area (Å²) >= 11 is 6.17. The van der Waals surface area contributed by atoms with Crippen molar-refractivity contribution >= 4 is 17.6 Å². The van der Waals surface area contributed by atoms with Crippen molar-refractivity contribution in [3.05, 3.63) is 58.0 Å². The Balaban J connectivity index is 2.03. The highest BCUT2D eigenvalue weighted by Crippen LogP contribution is 2.23. The molecule has 5 heteroatoms. The van der Waals surface area contributed by atoms with E-state index in [0.717, 1.165) is 10.6 Å². The molecule has 1 heterocycles. The molecule has 0 fully saturated rings. The van der Waals surface area contributed by atoms with Gasteiger partial charge >= 0.3 is 5.97 Å². The van der Waals surface area contributed by atoms with E-state index in [1.54, 1.807) is 13.0 Å². The Hall–Kier alpha value is -1.78. The van der Waals surface area contributed by atoms with Crippen molar-refractivity contribution in [3.63, 3.8) is 0 Å². The van der Waals surface area contributed by atoms with Gasteiger partial charge in [0, 0.05) is 11.1 Å². The normalized spacial score (nSPS) is 12.2. The Kier molecular flexibility index (Phi) is 5.04. The Morgan fingerprint density at radius 3 is 2.81 bits per heavy atom. The van der Waals surface area contributed by atoms with Gasteiger partial charge in [0.2, 0.25) is 0 Å². The molecule has 0 aliphatic carbocycles. The highest BCUT2D eigenvalue weighted by atomic mass is 35.5. The first kappa shape index (κ1) is 15.6. The van der Waals surface area contributed by atoms with Crippen molar-refractivity contribution in [2.24, 2.45) is 0 Å². The summed E-state index contributed by atoms with van der Waals surface area (Å²) in [6.07, 6.45) is 0. The SMILES string of the molecule is COC(=O)c1cc(CNC(C)c2ccccc2Cl)oc1C. The summed E-state index contributed by atoms with van der Waals surface area (Å²) in [6, 6.07) is 9.47. The maximum atomic E-state index is 11.5. The van der Waals surface area contributed by atoms with Crippen LogP contribution in [0.3, 0.4) is 0 Å². The lowest BCUT2D eigenvalue weighted by Crippen LogP contribution is -2.18. The van der Waals surface area contributed by atoms with Gasteiger partial charge in [-0.1, -0.05) is 29.8 Å². The van der Waals surface area contributed by atoms with E-state index in [1.165, 1.54) is 7.11 Å². The average Bonchev–Trinajstić information content (AvgIpc) is 2.85. The van der Waals surface area contributed by atoms with Gasteiger partial charge in [0.05, 0.1) is 13.7 Å². The molecule has 0 saturated carbocycles. The topological polar surface area (TPSA) is 51.5 Å². The van der Waals surface area contributed by atoms with Gasteiger partial charge < -0.3 is 14.5 Å². The molecule has 0 radical (unpaired) electrons. The van der Waals surface area contributed by atoms with E-state index in [1.807, 2.05) is 31.2 Å². The van der Waals surface area contributed by atoms with Crippen molar-refractivity contribution in [1.29, 1.82) is 0 Å². The number of ether oxygens (including phenoxy) is 1. The number of furan rings is 1. The van der Waals surface area contributed by atoms with Crippen LogP contribution in [0.5, 0.6) is 0 Å². The van der Waals surface area contributed by atoms with Crippen LogP contribution in [-0.2, 0) is 11.3 Å². The van der Waals surface area contributed by atoms with Crippen LogP contribution in [0.2, 0.25) is 5.02 Å². The van der Waals surface area contributed by atoms with E-state index >= 15 is 0 Å². The van der Waals surface area contributed by atoms with Gasteiger partial charge in [0.15, 0.2) is 0 Å².